The van der Waals surface area contributed by atoms with Gasteiger partial charge in [-0.3, -0.25) is 14.4 Å². The lowest BCUT2D eigenvalue weighted by atomic mass is 9.81. The fourth-order valence-corrected chi connectivity index (χ4v) is 3.15. The second kappa shape index (κ2) is 7.81. The molecule has 0 saturated heterocycles. The van der Waals surface area contributed by atoms with Gasteiger partial charge in [-0.25, -0.2) is 0 Å². The molecule has 2 amide bonds. The van der Waals surface area contributed by atoms with E-state index in [4.69, 9.17) is 0 Å². The smallest absolute Gasteiger partial charge is 0.227 e. The average molecular weight is 344 g/mol. The van der Waals surface area contributed by atoms with Crippen molar-refractivity contribution in [1.82, 2.24) is 5.32 Å². The number of hydrogen-bond donors (Lipinski definition) is 2. The zero-order valence-electron chi connectivity index (χ0n) is 15.5. The monoisotopic (exact) mass is 344 g/mol. The van der Waals surface area contributed by atoms with E-state index in [1.54, 1.807) is 24.3 Å². The van der Waals surface area contributed by atoms with Gasteiger partial charge in [-0.05, 0) is 65.5 Å². The zero-order valence-corrected chi connectivity index (χ0v) is 15.5. The van der Waals surface area contributed by atoms with Gasteiger partial charge in [0.2, 0.25) is 11.8 Å². The lowest BCUT2D eigenvalue weighted by molar-refractivity contribution is -0.129. The molecule has 136 valence electrons. The normalized spacial score (nSPS) is 20.6. The molecule has 2 N–H and O–H groups in total. The third-order valence-corrected chi connectivity index (χ3v) is 4.50. The lowest BCUT2D eigenvalue weighted by Crippen LogP contribution is -2.45. The molecular formula is C20H28N2O3. The maximum atomic E-state index is 12.5. The number of anilines is 1. The van der Waals surface area contributed by atoms with Crippen LogP contribution in [-0.2, 0) is 9.59 Å². The first-order chi connectivity index (χ1) is 11.7. The molecular weight excluding hydrogens is 316 g/mol. The van der Waals surface area contributed by atoms with Crippen molar-refractivity contribution < 1.29 is 14.4 Å². The van der Waals surface area contributed by atoms with Crippen LogP contribution in [0.4, 0.5) is 5.69 Å². The molecule has 1 aromatic rings. The van der Waals surface area contributed by atoms with E-state index in [0.29, 0.717) is 24.1 Å². The van der Waals surface area contributed by atoms with Crippen LogP contribution < -0.4 is 10.6 Å². The molecule has 0 radical (unpaired) electrons. The summed E-state index contributed by atoms with van der Waals surface area (Å²) in [5.41, 5.74) is 0.998. The first kappa shape index (κ1) is 19.2. The summed E-state index contributed by atoms with van der Waals surface area (Å²) in [6.45, 7) is 7.42. The van der Waals surface area contributed by atoms with E-state index in [9.17, 15) is 14.4 Å². The first-order valence-corrected chi connectivity index (χ1v) is 8.89. The fraction of sp³-hybridized carbons (Fsp3) is 0.550. The van der Waals surface area contributed by atoms with Gasteiger partial charge in [-0.2, -0.15) is 0 Å². The van der Waals surface area contributed by atoms with Gasteiger partial charge in [0.05, 0.1) is 0 Å². The molecule has 1 aliphatic rings. The number of benzene rings is 1. The molecule has 0 heterocycles. The third kappa shape index (κ3) is 5.69. The highest BCUT2D eigenvalue weighted by molar-refractivity contribution is 5.97. The lowest BCUT2D eigenvalue weighted by Gasteiger charge is -2.30. The van der Waals surface area contributed by atoms with E-state index < -0.39 is 0 Å². The van der Waals surface area contributed by atoms with Crippen LogP contribution in [0.3, 0.4) is 0 Å². The van der Waals surface area contributed by atoms with Crippen molar-refractivity contribution in [2.24, 2.45) is 11.8 Å². The maximum absolute atomic E-state index is 12.5. The van der Waals surface area contributed by atoms with Crippen LogP contribution in [-0.4, -0.2) is 23.1 Å². The third-order valence-electron chi connectivity index (χ3n) is 4.50. The highest BCUT2D eigenvalue weighted by Gasteiger charge is 2.31. The summed E-state index contributed by atoms with van der Waals surface area (Å²) >= 11 is 0. The molecule has 1 fully saturated rings. The average Bonchev–Trinajstić information content (AvgIpc) is 2.53. The largest absolute Gasteiger partial charge is 0.351 e. The summed E-state index contributed by atoms with van der Waals surface area (Å²) in [6, 6.07) is 6.98. The van der Waals surface area contributed by atoms with Gasteiger partial charge in [0.15, 0.2) is 5.78 Å². The van der Waals surface area contributed by atoms with Crippen molar-refractivity contribution in [3.63, 3.8) is 0 Å². The van der Waals surface area contributed by atoms with Crippen LogP contribution in [0, 0.1) is 11.8 Å². The van der Waals surface area contributed by atoms with Crippen molar-refractivity contribution in [2.45, 2.75) is 58.9 Å². The molecule has 0 unspecified atom stereocenters. The van der Waals surface area contributed by atoms with Gasteiger partial charge in [-0.15, -0.1) is 0 Å². The molecule has 5 heteroatoms. The second-order valence-electron chi connectivity index (χ2n) is 7.91. The van der Waals surface area contributed by atoms with Crippen molar-refractivity contribution in [2.75, 3.05) is 5.32 Å². The Balaban J connectivity index is 1.88. The standard InChI is InChI=1S/C20H28N2O3/c1-13(23)16-6-5-7-17(12-16)21-18(24)14-8-10-15(11-9-14)19(25)22-20(2,3)4/h5-7,12,14-15H,8-11H2,1-4H3,(H,21,24)(H,22,25). The minimum atomic E-state index is -0.229. The number of hydrogen-bond acceptors (Lipinski definition) is 3. The highest BCUT2D eigenvalue weighted by Crippen LogP contribution is 2.30. The van der Waals surface area contributed by atoms with Gasteiger partial charge >= 0.3 is 0 Å². The zero-order chi connectivity index (χ0) is 18.6. The summed E-state index contributed by atoms with van der Waals surface area (Å²) in [5.74, 6) is -0.0682. The predicted molar refractivity (Wildman–Crippen MR) is 98.4 cm³/mol. The second-order valence-corrected chi connectivity index (χ2v) is 7.91. The molecule has 0 aliphatic heterocycles. The molecule has 1 saturated carbocycles. The minimum Gasteiger partial charge on any atom is -0.351 e. The van der Waals surface area contributed by atoms with Gasteiger partial charge in [-0.1, -0.05) is 12.1 Å². The van der Waals surface area contributed by atoms with E-state index in [1.165, 1.54) is 6.92 Å². The van der Waals surface area contributed by atoms with Crippen LogP contribution >= 0.6 is 0 Å². The van der Waals surface area contributed by atoms with Gasteiger partial charge in [0, 0.05) is 28.6 Å². The van der Waals surface area contributed by atoms with Crippen LogP contribution in [0.5, 0.6) is 0 Å². The Morgan fingerprint density at radius 1 is 0.960 bits per heavy atom. The number of carbonyl (C=O) groups is 3. The molecule has 25 heavy (non-hydrogen) atoms. The van der Waals surface area contributed by atoms with Crippen molar-refractivity contribution in [3.05, 3.63) is 29.8 Å². The fourth-order valence-electron chi connectivity index (χ4n) is 3.15. The predicted octanol–water partition coefficient (Wildman–Crippen LogP) is 3.55. The summed E-state index contributed by atoms with van der Waals surface area (Å²) < 4.78 is 0. The molecule has 0 bridgehead atoms. The quantitative estimate of drug-likeness (QED) is 0.820. The maximum Gasteiger partial charge on any atom is 0.227 e. The summed E-state index contributed by atoms with van der Waals surface area (Å²) in [5, 5.41) is 5.92. The minimum absolute atomic E-state index is 0.00989. The van der Waals surface area contributed by atoms with E-state index in [0.717, 1.165) is 12.8 Å². The molecule has 0 aromatic heterocycles. The Kier molecular flexibility index (Phi) is 5.98. The number of amides is 2. The van der Waals surface area contributed by atoms with Crippen LogP contribution in [0.25, 0.3) is 0 Å². The Labute approximate surface area is 149 Å². The number of nitrogens with one attached hydrogen (secondary N) is 2. The molecule has 5 nitrogen and oxygen atoms in total. The van der Waals surface area contributed by atoms with Crippen molar-refractivity contribution >= 4 is 23.3 Å². The molecule has 2 rings (SSSR count). The molecule has 1 aliphatic carbocycles. The topological polar surface area (TPSA) is 75.3 Å². The number of ketones is 1. The first-order valence-electron chi connectivity index (χ1n) is 8.89. The highest BCUT2D eigenvalue weighted by atomic mass is 16.2. The van der Waals surface area contributed by atoms with Gasteiger partial charge in [0.1, 0.15) is 0 Å². The Bertz CT molecular complexity index is 653. The summed E-state index contributed by atoms with van der Waals surface area (Å²) in [6.07, 6.45) is 2.88. The number of carbonyl (C=O) groups excluding carboxylic acids is 3. The van der Waals surface area contributed by atoms with E-state index >= 15 is 0 Å². The Morgan fingerprint density at radius 2 is 1.52 bits per heavy atom. The summed E-state index contributed by atoms with van der Waals surface area (Å²) in [4.78, 5) is 36.1. The Hall–Kier alpha value is -2.17. The number of Topliss-reactive ketones (excluding diaryl/α,β-unsaturated/α-hetero) is 1. The summed E-state index contributed by atoms with van der Waals surface area (Å²) in [7, 11) is 0. The van der Waals surface area contributed by atoms with Crippen LogP contribution in [0.1, 0.15) is 63.7 Å². The number of rotatable bonds is 4. The van der Waals surface area contributed by atoms with Gasteiger partial charge in [0.25, 0.3) is 0 Å². The molecule has 1 aromatic carbocycles. The van der Waals surface area contributed by atoms with Crippen molar-refractivity contribution in [3.8, 4) is 0 Å². The molecule has 0 spiro atoms. The Morgan fingerprint density at radius 3 is 2.04 bits per heavy atom. The SMILES string of the molecule is CC(=O)c1cccc(NC(=O)C2CCC(C(=O)NC(C)(C)C)CC2)c1. The van der Waals surface area contributed by atoms with Crippen LogP contribution in [0.2, 0.25) is 0 Å². The van der Waals surface area contributed by atoms with E-state index in [-0.39, 0.29) is 35.0 Å². The molecule has 0 atom stereocenters. The van der Waals surface area contributed by atoms with E-state index in [2.05, 4.69) is 10.6 Å². The van der Waals surface area contributed by atoms with Crippen LogP contribution in [0.15, 0.2) is 24.3 Å². The van der Waals surface area contributed by atoms with Gasteiger partial charge < -0.3 is 10.6 Å². The van der Waals surface area contributed by atoms with Crippen molar-refractivity contribution in [1.29, 1.82) is 0 Å². The van der Waals surface area contributed by atoms with E-state index in [1.807, 2.05) is 20.8 Å².